The number of amides is 2. The van der Waals surface area contributed by atoms with E-state index >= 15 is 0 Å². The monoisotopic (exact) mass is 309 g/mol. The molecule has 1 aromatic heterocycles. The summed E-state index contributed by atoms with van der Waals surface area (Å²) in [6.45, 7) is 6.42. The second-order valence-electron chi connectivity index (χ2n) is 5.83. The number of nitrogens with zero attached hydrogens (tertiary/aromatic N) is 2. The van der Waals surface area contributed by atoms with Crippen LogP contribution in [0.1, 0.15) is 29.9 Å². The summed E-state index contributed by atoms with van der Waals surface area (Å²) >= 11 is 1.45. The molecule has 0 bridgehead atoms. The summed E-state index contributed by atoms with van der Waals surface area (Å²) in [6, 6.07) is 3.29. The first-order chi connectivity index (χ1) is 9.99. The van der Waals surface area contributed by atoms with Crippen LogP contribution >= 0.6 is 11.3 Å². The van der Waals surface area contributed by atoms with Gasteiger partial charge in [-0.15, -0.1) is 11.3 Å². The fourth-order valence-corrected chi connectivity index (χ4v) is 3.22. The molecule has 0 aliphatic carbocycles. The Labute approximate surface area is 129 Å². The molecular formula is C15H23N3O2S. The van der Waals surface area contributed by atoms with Crippen LogP contribution in [0.2, 0.25) is 0 Å². The zero-order chi connectivity index (χ0) is 15.4. The van der Waals surface area contributed by atoms with Crippen LogP contribution in [0.3, 0.4) is 0 Å². The quantitative estimate of drug-likeness (QED) is 0.914. The molecule has 6 heteroatoms. The Morgan fingerprint density at radius 2 is 1.86 bits per heavy atom. The minimum absolute atomic E-state index is 0.00641. The Hall–Kier alpha value is -1.40. The third kappa shape index (κ3) is 4.04. The summed E-state index contributed by atoms with van der Waals surface area (Å²) < 4.78 is 0. The van der Waals surface area contributed by atoms with Gasteiger partial charge in [0.2, 0.25) is 5.91 Å². The van der Waals surface area contributed by atoms with Crippen molar-refractivity contribution in [1.82, 2.24) is 9.80 Å². The molecule has 1 aliphatic heterocycles. The molecule has 2 heterocycles. The van der Waals surface area contributed by atoms with Gasteiger partial charge in [-0.25, -0.2) is 0 Å². The second-order valence-corrected chi connectivity index (χ2v) is 6.78. The van der Waals surface area contributed by atoms with Crippen LogP contribution in [0.25, 0.3) is 0 Å². The summed E-state index contributed by atoms with van der Waals surface area (Å²) in [5, 5.41) is 1.90. The van der Waals surface area contributed by atoms with Crippen LogP contribution in [0.4, 0.5) is 0 Å². The van der Waals surface area contributed by atoms with Crippen LogP contribution < -0.4 is 5.73 Å². The van der Waals surface area contributed by atoms with E-state index < -0.39 is 6.04 Å². The van der Waals surface area contributed by atoms with E-state index in [2.05, 4.69) is 13.8 Å². The maximum absolute atomic E-state index is 12.2. The predicted molar refractivity (Wildman–Crippen MR) is 84.2 cm³/mol. The van der Waals surface area contributed by atoms with Gasteiger partial charge in [0.05, 0.1) is 10.9 Å². The van der Waals surface area contributed by atoms with Crippen molar-refractivity contribution in [3.05, 3.63) is 22.4 Å². The van der Waals surface area contributed by atoms with Crippen LogP contribution in [0.15, 0.2) is 17.5 Å². The Bertz CT molecular complexity index is 479. The predicted octanol–water partition coefficient (Wildman–Crippen LogP) is 1.41. The molecule has 1 atom stereocenters. The van der Waals surface area contributed by atoms with E-state index in [-0.39, 0.29) is 11.8 Å². The number of hydrogen-bond donors (Lipinski definition) is 1. The van der Waals surface area contributed by atoms with Crippen molar-refractivity contribution in [2.45, 2.75) is 26.3 Å². The average molecular weight is 309 g/mol. The lowest BCUT2D eigenvalue weighted by molar-refractivity contribution is -0.134. The van der Waals surface area contributed by atoms with E-state index in [1.54, 1.807) is 4.90 Å². The third-order valence-corrected chi connectivity index (χ3v) is 4.51. The molecule has 21 heavy (non-hydrogen) atoms. The summed E-state index contributed by atoms with van der Waals surface area (Å²) in [4.78, 5) is 28.8. The van der Waals surface area contributed by atoms with Crippen LogP contribution in [-0.4, -0.2) is 53.8 Å². The van der Waals surface area contributed by atoms with Crippen molar-refractivity contribution in [1.29, 1.82) is 0 Å². The van der Waals surface area contributed by atoms with Crippen molar-refractivity contribution < 1.29 is 9.59 Å². The SMILES string of the molecule is CC(C)CC(N)C(=O)N1CCN(C(=O)c2cccs2)CC1. The van der Waals surface area contributed by atoms with Gasteiger partial charge < -0.3 is 15.5 Å². The van der Waals surface area contributed by atoms with Gasteiger partial charge >= 0.3 is 0 Å². The molecule has 5 nitrogen and oxygen atoms in total. The zero-order valence-corrected chi connectivity index (χ0v) is 13.4. The van der Waals surface area contributed by atoms with Gasteiger partial charge in [-0.05, 0) is 23.8 Å². The van der Waals surface area contributed by atoms with Crippen molar-refractivity contribution in [3.8, 4) is 0 Å². The first-order valence-corrected chi connectivity index (χ1v) is 8.24. The smallest absolute Gasteiger partial charge is 0.264 e. The van der Waals surface area contributed by atoms with Crippen LogP contribution in [0, 0.1) is 5.92 Å². The first kappa shape index (κ1) is 16.0. The van der Waals surface area contributed by atoms with Gasteiger partial charge in [0, 0.05) is 26.2 Å². The number of thiophene rings is 1. The topological polar surface area (TPSA) is 66.6 Å². The highest BCUT2D eigenvalue weighted by molar-refractivity contribution is 7.12. The fraction of sp³-hybridized carbons (Fsp3) is 0.600. The first-order valence-electron chi connectivity index (χ1n) is 7.36. The number of piperazine rings is 1. The lowest BCUT2D eigenvalue weighted by atomic mass is 10.0. The summed E-state index contributed by atoms with van der Waals surface area (Å²) in [5.74, 6) is 0.473. The molecule has 1 aliphatic rings. The van der Waals surface area contributed by atoms with Crippen molar-refractivity contribution in [2.75, 3.05) is 26.2 Å². The van der Waals surface area contributed by atoms with Gasteiger partial charge in [-0.1, -0.05) is 19.9 Å². The molecule has 0 saturated carbocycles. The highest BCUT2D eigenvalue weighted by Gasteiger charge is 2.28. The molecule has 0 aromatic carbocycles. The molecule has 1 saturated heterocycles. The number of rotatable bonds is 4. The normalized spacial score (nSPS) is 17.1. The van der Waals surface area contributed by atoms with Gasteiger partial charge in [-0.2, -0.15) is 0 Å². The van der Waals surface area contributed by atoms with E-state index in [0.717, 1.165) is 4.88 Å². The van der Waals surface area contributed by atoms with E-state index in [1.165, 1.54) is 11.3 Å². The van der Waals surface area contributed by atoms with Gasteiger partial charge in [0.1, 0.15) is 0 Å². The van der Waals surface area contributed by atoms with Gasteiger partial charge in [-0.3, -0.25) is 9.59 Å². The number of carbonyl (C=O) groups excluding carboxylic acids is 2. The highest BCUT2D eigenvalue weighted by atomic mass is 32.1. The van der Waals surface area contributed by atoms with Gasteiger partial charge in [0.25, 0.3) is 5.91 Å². The molecule has 2 rings (SSSR count). The minimum atomic E-state index is -0.426. The summed E-state index contributed by atoms with van der Waals surface area (Å²) in [7, 11) is 0. The molecule has 2 amide bonds. The Morgan fingerprint density at radius 3 is 2.38 bits per heavy atom. The highest BCUT2D eigenvalue weighted by Crippen LogP contribution is 2.14. The molecule has 1 fully saturated rings. The maximum atomic E-state index is 12.2. The molecule has 0 spiro atoms. The lowest BCUT2D eigenvalue weighted by Gasteiger charge is -2.36. The standard InChI is InChI=1S/C15H23N3O2S/c1-11(2)10-12(16)14(19)17-5-7-18(8-6-17)15(20)13-4-3-9-21-13/h3-4,9,11-12H,5-8,10,16H2,1-2H3. The van der Waals surface area contributed by atoms with Crippen molar-refractivity contribution in [2.24, 2.45) is 11.7 Å². The van der Waals surface area contributed by atoms with E-state index in [4.69, 9.17) is 5.73 Å². The van der Waals surface area contributed by atoms with Crippen molar-refractivity contribution >= 4 is 23.2 Å². The average Bonchev–Trinajstić information content (AvgIpc) is 2.99. The lowest BCUT2D eigenvalue weighted by Crippen LogP contribution is -2.54. The molecule has 1 unspecified atom stereocenters. The molecule has 0 radical (unpaired) electrons. The largest absolute Gasteiger partial charge is 0.338 e. The Balaban J connectivity index is 1.85. The maximum Gasteiger partial charge on any atom is 0.264 e. The Kier molecular flexibility index (Phi) is 5.36. The van der Waals surface area contributed by atoms with Crippen LogP contribution in [-0.2, 0) is 4.79 Å². The molecule has 1 aromatic rings. The molecular weight excluding hydrogens is 286 g/mol. The second kappa shape index (κ2) is 7.04. The van der Waals surface area contributed by atoms with E-state index in [1.807, 2.05) is 22.4 Å². The number of carbonyl (C=O) groups is 2. The number of nitrogens with two attached hydrogens (primary N) is 1. The van der Waals surface area contributed by atoms with Crippen LogP contribution in [0.5, 0.6) is 0 Å². The number of hydrogen-bond acceptors (Lipinski definition) is 4. The van der Waals surface area contributed by atoms with E-state index in [0.29, 0.717) is 38.5 Å². The summed E-state index contributed by atoms with van der Waals surface area (Å²) in [5.41, 5.74) is 5.95. The van der Waals surface area contributed by atoms with Crippen molar-refractivity contribution in [3.63, 3.8) is 0 Å². The fourth-order valence-electron chi connectivity index (χ4n) is 2.53. The molecule has 116 valence electrons. The van der Waals surface area contributed by atoms with E-state index in [9.17, 15) is 9.59 Å². The summed E-state index contributed by atoms with van der Waals surface area (Å²) in [6.07, 6.45) is 0.702. The Morgan fingerprint density at radius 1 is 1.24 bits per heavy atom. The zero-order valence-electron chi connectivity index (χ0n) is 12.6. The van der Waals surface area contributed by atoms with Gasteiger partial charge in [0.15, 0.2) is 0 Å². The molecule has 2 N–H and O–H groups in total. The third-order valence-electron chi connectivity index (χ3n) is 3.65. The minimum Gasteiger partial charge on any atom is -0.338 e.